The van der Waals surface area contributed by atoms with Crippen LogP contribution in [-0.4, -0.2) is 18.7 Å². The zero-order valence-electron chi connectivity index (χ0n) is 12.8. The summed E-state index contributed by atoms with van der Waals surface area (Å²) in [6.07, 6.45) is 5.23. The number of hydrazone groups is 1. The molecular weight excluding hydrogens is 354 g/mol. The molecule has 2 aromatic rings. The van der Waals surface area contributed by atoms with E-state index in [-0.39, 0.29) is 12.5 Å². The van der Waals surface area contributed by atoms with Crippen LogP contribution in [0.25, 0.3) is 6.08 Å². The van der Waals surface area contributed by atoms with Gasteiger partial charge in [0.1, 0.15) is 0 Å². The highest BCUT2D eigenvalue weighted by atomic mass is 79.9. The average Bonchev–Trinajstić information content (AvgIpc) is 2.56. The van der Waals surface area contributed by atoms with E-state index in [1.165, 1.54) is 5.56 Å². The lowest BCUT2D eigenvalue weighted by molar-refractivity contribution is -0.119. The molecule has 0 spiro atoms. The summed E-state index contributed by atoms with van der Waals surface area (Å²) in [6.45, 7) is 2.20. The van der Waals surface area contributed by atoms with Crippen LogP contribution >= 0.6 is 15.9 Å². The van der Waals surface area contributed by atoms with Crippen LogP contribution in [0.4, 0.5) is 5.69 Å². The Morgan fingerprint density at radius 3 is 2.52 bits per heavy atom. The molecule has 1 amide bonds. The summed E-state index contributed by atoms with van der Waals surface area (Å²) < 4.78 is 1.04. The third-order valence-corrected chi connectivity index (χ3v) is 3.54. The van der Waals surface area contributed by atoms with Crippen molar-refractivity contribution < 1.29 is 4.79 Å². The van der Waals surface area contributed by atoms with E-state index in [9.17, 15) is 4.79 Å². The number of hydrogen-bond donors (Lipinski definition) is 2. The molecule has 0 fully saturated rings. The van der Waals surface area contributed by atoms with Gasteiger partial charge in [-0.1, -0.05) is 51.8 Å². The number of amides is 1. The molecule has 0 saturated heterocycles. The van der Waals surface area contributed by atoms with Gasteiger partial charge in [0.25, 0.3) is 5.91 Å². The van der Waals surface area contributed by atoms with Gasteiger partial charge in [0.2, 0.25) is 0 Å². The smallest absolute Gasteiger partial charge is 0.259 e. The molecule has 0 saturated carbocycles. The minimum atomic E-state index is -0.195. The van der Waals surface area contributed by atoms with E-state index in [0.717, 1.165) is 15.7 Å². The fourth-order valence-electron chi connectivity index (χ4n) is 1.77. The molecule has 0 atom stereocenters. The molecular formula is C18H18BrN3O. The summed E-state index contributed by atoms with van der Waals surface area (Å²) in [7, 11) is 0. The maximum Gasteiger partial charge on any atom is 0.259 e. The second-order valence-corrected chi connectivity index (χ2v) is 5.86. The first-order valence-corrected chi connectivity index (χ1v) is 7.97. The van der Waals surface area contributed by atoms with Crippen molar-refractivity contribution in [3.05, 3.63) is 70.2 Å². The SMILES string of the molecule is Cc1ccc(NCC(=O)N/N=C\C=C\c2ccc(Br)cc2)cc1. The fourth-order valence-corrected chi connectivity index (χ4v) is 2.04. The van der Waals surface area contributed by atoms with Crippen molar-refractivity contribution in [2.75, 3.05) is 11.9 Å². The van der Waals surface area contributed by atoms with Crippen LogP contribution < -0.4 is 10.7 Å². The first-order valence-electron chi connectivity index (χ1n) is 7.18. The molecule has 2 N–H and O–H groups in total. The van der Waals surface area contributed by atoms with Crippen molar-refractivity contribution in [1.82, 2.24) is 5.43 Å². The fraction of sp³-hybridized carbons (Fsp3) is 0.111. The molecule has 118 valence electrons. The van der Waals surface area contributed by atoms with Crippen molar-refractivity contribution in [3.63, 3.8) is 0 Å². The van der Waals surface area contributed by atoms with E-state index in [0.29, 0.717) is 0 Å². The van der Waals surface area contributed by atoms with Gasteiger partial charge in [-0.3, -0.25) is 4.79 Å². The lowest BCUT2D eigenvalue weighted by Gasteiger charge is -2.05. The Morgan fingerprint density at radius 1 is 1.13 bits per heavy atom. The van der Waals surface area contributed by atoms with Gasteiger partial charge in [-0.25, -0.2) is 5.43 Å². The van der Waals surface area contributed by atoms with Crippen LogP contribution in [0.15, 0.2) is 64.2 Å². The number of rotatable bonds is 6. The van der Waals surface area contributed by atoms with Crippen molar-refractivity contribution in [2.45, 2.75) is 6.92 Å². The van der Waals surface area contributed by atoms with Crippen molar-refractivity contribution in [1.29, 1.82) is 0 Å². The van der Waals surface area contributed by atoms with Crippen LogP contribution in [-0.2, 0) is 4.79 Å². The lowest BCUT2D eigenvalue weighted by Crippen LogP contribution is -2.25. The second-order valence-electron chi connectivity index (χ2n) is 4.94. The number of allylic oxidation sites excluding steroid dienone is 1. The third-order valence-electron chi connectivity index (χ3n) is 3.01. The minimum Gasteiger partial charge on any atom is -0.376 e. The Kier molecular flexibility index (Phi) is 6.56. The summed E-state index contributed by atoms with van der Waals surface area (Å²) in [4.78, 5) is 11.6. The standard InChI is InChI=1S/C18H18BrN3O/c1-14-4-10-17(11-5-14)20-13-18(23)22-21-12-2-3-15-6-8-16(19)9-7-15/h2-12,20H,13H2,1H3,(H,22,23)/b3-2+,21-12-. The second kappa shape index (κ2) is 8.90. The van der Waals surface area contributed by atoms with E-state index >= 15 is 0 Å². The molecule has 2 rings (SSSR count). The molecule has 0 unspecified atom stereocenters. The van der Waals surface area contributed by atoms with E-state index in [2.05, 4.69) is 31.8 Å². The van der Waals surface area contributed by atoms with Crippen molar-refractivity contribution >= 4 is 39.8 Å². The van der Waals surface area contributed by atoms with Gasteiger partial charge < -0.3 is 5.32 Å². The topological polar surface area (TPSA) is 53.5 Å². The zero-order chi connectivity index (χ0) is 16.5. The number of halogens is 1. The number of benzene rings is 2. The number of nitrogens with one attached hydrogen (secondary N) is 2. The molecule has 5 heteroatoms. The van der Waals surface area contributed by atoms with Gasteiger partial charge in [-0.05, 0) is 42.8 Å². The van der Waals surface area contributed by atoms with Gasteiger partial charge >= 0.3 is 0 Å². The number of carbonyl (C=O) groups excluding carboxylic acids is 1. The maximum atomic E-state index is 11.6. The largest absolute Gasteiger partial charge is 0.376 e. The van der Waals surface area contributed by atoms with Gasteiger partial charge in [-0.15, -0.1) is 0 Å². The highest BCUT2D eigenvalue weighted by Gasteiger charge is 1.98. The zero-order valence-corrected chi connectivity index (χ0v) is 14.4. The van der Waals surface area contributed by atoms with E-state index in [1.807, 2.05) is 61.5 Å². The summed E-state index contributed by atoms with van der Waals surface area (Å²) in [5, 5.41) is 6.90. The Labute approximate surface area is 144 Å². The third kappa shape index (κ3) is 6.48. The average molecular weight is 372 g/mol. The number of carbonyl (C=O) groups is 1. The highest BCUT2D eigenvalue weighted by Crippen LogP contribution is 2.11. The Bertz CT molecular complexity index is 691. The summed E-state index contributed by atoms with van der Waals surface area (Å²) in [6, 6.07) is 15.8. The van der Waals surface area contributed by atoms with Crippen LogP contribution in [0.1, 0.15) is 11.1 Å². The summed E-state index contributed by atoms with van der Waals surface area (Å²) >= 11 is 3.39. The first kappa shape index (κ1) is 17.0. The first-order chi connectivity index (χ1) is 11.1. The highest BCUT2D eigenvalue weighted by molar-refractivity contribution is 9.10. The molecule has 0 aliphatic heterocycles. The normalized spacial score (nSPS) is 11.0. The Hall–Kier alpha value is -2.40. The van der Waals surface area contributed by atoms with Gasteiger partial charge in [0, 0.05) is 16.4 Å². The quantitative estimate of drug-likeness (QED) is 0.595. The van der Waals surface area contributed by atoms with Crippen LogP contribution in [0, 0.1) is 6.92 Å². The van der Waals surface area contributed by atoms with Crippen LogP contribution in [0.2, 0.25) is 0 Å². The molecule has 0 heterocycles. The van der Waals surface area contributed by atoms with Gasteiger partial charge in [0.05, 0.1) is 6.54 Å². The predicted molar refractivity (Wildman–Crippen MR) is 99.5 cm³/mol. The van der Waals surface area contributed by atoms with E-state index in [4.69, 9.17) is 0 Å². The van der Waals surface area contributed by atoms with E-state index < -0.39 is 0 Å². The van der Waals surface area contributed by atoms with Gasteiger partial charge in [-0.2, -0.15) is 5.10 Å². The molecule has 0 aromatic heterocycles. The van der Waals surface area contributed by atoms with E-state index in [1.54, 1.807) is 12.3 Å². The molecule has 4 nitrogen and oxygen atoms in total. The number of aryl methyl sites for hydroxylation is 1. The number of hydrogen-bond acceptors (Lipinski definition) is 3. The summed E-state index contributed by atoms with van der Waals surface area (Å²) in [5.41, 5.74) is 5.62. The number of anilines is 1. The minimum absolute atomic E-state index is 0.177. The van der Waals surface area contributed by atoms with Gasteiger partial charge in [0.15, 0.2) is 0 Å². The van der Waals surface area contributed by atoms with Crippen molar-refractivity contribution in [3.8, 4) is 0 Å². The van der Waals surface area contributed by atoms with Crippen LogP contribution in [0.3, 0.4) is 0 Å². The molecule has 0 aliphatic rings. The summed E-state index contributed by atoms with van der Waals surface area (Å²) in [5.74, 6) is -0.195. The predicted octanol–water partition coefficient (Wildman–Crippen LogP) is 3.98. The molecule has 0 bridgehead atoms. The maximum absolute atomic E-state index is 11.6. The molecule has 0 aliphatic carbocycles. The number of nitrogens with zero attached hydrogens (tertiary/aromatic N) is 1. The lowest BCUT2D eigenvalue weighted by atomic mass is 10.2. The van der Waals surface area contributed by atoms with Crippen LogP contribution in [0.5, 0.6) is 0 Å². The Balaban J connectivity index is 1.71. The molecule has 0 radical (unpaired) electrons. The monoisotopic (exact) mass is 371 g/mol. The molecule has 23 heavy (non-hydrogen) atoms. The molecule has 2 aromatic carbocycles. The Morgan fingerprint density at radius 2 is 1.83 bits per heavy atom. The van der Waals surface area contributed by atoms with Crippen molar-refractivity contribution in [2.24, 2.45) is 5.10 Å².